The number of nitrogens with two attached hydrogens (primary N) is 1. The minimum absolute atomic E-state index is 0.0716. The van der Waals surface area contributed by atoms with Crippen LogP contribution in [0.15, 0.2) is 23.4 Å². The lowest BCUT2D eigenvalue weighted by Crippen LogP contribution is -2.59. The van der Waals surface area contributed by atoms with Crippen LogP contribution in [0.4, 0.5) is 32.2 Å². The first-order valence-electron chi connectivity index (χ1n) is 10.7. The molecular formula is C21H24F6N6O3. The van der Waals surface area contributed by atoms with E-state index in [9.17, 15) is 41.0 Å². The number of allylic oxidation sites excluding steroid dienone is 1. The van der Waals surface area contributed by atoms with Gasteiger partial charge in [0.1, 0.15) is 17.3 Å². The number of alkyl halides is 6. The van der Waals surface area contributed by atoms with Gasteiger partial charge in [-0.2, -0.15) is 26.3 Å². The summed E-state index contributed by atoms with van der Waals surface area (Å²) in [6.45, 7) is 0.216. The van der Waals surface area contributed by atoms with Gasteiger partial charge in [-0.05, 0) is 25.0 Å². The number of aromatic nitrogens is 1. The predicted octanol–water partition coefficient (Wildman–Crippen LogP) is 2.02. The summed E-state index contributed by atoms with van der Waals surface area (Å²) >= 11 is 0. The Morgan fingerprint density at radius 2 is 1.81 bits per heavy atom. The van der Waals surface area contributed by atoms with Crippen molar-refractivity contribution in [2.75, 3.05) is 32.1 Å². The molecule has 3 rings (SSSR count). The first kappa shape index (κ1) is 27.2. The topological polar surface area (TPSA) is 136 Å². The first-order valence-corrected chi connectivity index (χ1v) is 10.7. The van der Waals surface area contributed by atoms with Gasteiger partial charge in [-0.25, -0.2) is 4.98 Å². The van der Waals surface area contributed by atoms with Crippen molar-refractivity contribution < 1.29 is 41.0 Å². The highest BCUT2D eigenvalue weighted by Gasteiger charge is 2.61. The van der Waals surface area contributed by atoms with E-state index < -0.39 is 70.5 Å². The van der Waals surface area contributed by atoms with Crippen molar-refractivity contribution in [2.45, 2.75) is 37.2 Å². The maximum atomic E-state index is 13.7. The fraction of sp³-hybridized carbons (Fsp3) is 0.524. The molecule has 0 radical (unpaired) electrons. The summed E-state index contributed by atoms with van der Waals surface area (Å²) in [5.74, 6) is -3.72. The van der Waals surface area contributed by atoms with Crippen molar-refractivity contribution in [3.05, 3.63) is 34.7 Å². The molecule has 5 N–H and O–H groups in total. The number of amidine groups is 1. The second-order valence-electron chi connectivity index (χ2n) is 8.81. The lowest BCUT2D eigenvalue weighted by atomic mass is 9.79. The van der Waals surface area contributed by atoms with Gasteiger partial charge in [0, 0.05) is 38.8 Å². The zero-order valence-electron chi connectivity index (χ0n) is 19.2. The maximum Gasteiger partial charge on any atom is 0.422 e. The normalized spacial score (nSPS) is 23.4. The van der Waals surface area contributed by atoms with Gasteiger partial charge in [-0.3, -0.25) is 15.0 Å². The molecule has 1 unspecified atom stereocenters. The van der Waals surface area contributed by atoms with E-state index in [0.29, 0.717) is 0 Å². The van der Waals surface area contributed by atoms with E-state index in [0.717, 1.165) is 17.0 Å². The van der Waals surface area contributed by atoms with Crippen LogP contribution >= 0.6 is 0 Å². The third-order valence-corrected chi connectivity index (χ3v) is 6.16. The van der Waals surface area contributed by atoms with Gasteiger partial charge >= 0.3 is 12.4 Å². The standard InChI is InChI=1S/C21H24F6N6O3/c1-32(2)18(35)16-11(20(22,23)24)3-4-12(30-16)33-7-5-10(6-8-33)15(28)14-17(29)31-13(34)9-19(14,36)21(25,26)27/h3-4,10,36H,5-9,28H2,1-2H3,(H2,29,31,34). The molecule has 0 spiro atoms. The number of carbonyl (C=O) groups excluding carboxylic acids is 2. The van der Waals surface area contributed by atoms with Gasteiger partial charge < -0.3 is 26.0 Å². The molecule has 2 amide bonds. The van der Waals surface area contributed by atoms with Crippen molar-refractivity contribution in [3.63, 3.8) is 0 Å². The molecule has 1 aromatic heterocycles. The molecule has 2 aliphatic heterocycles. The number of aliphatic hydroxyl groups is 1. The molecule has 1 aromatic rings. The molecule has 36 heavy (non-hydrogen) atoms. The Kier molecular flexibility index (Phi) is 7.00. The summed E-state index contributed by atoms with van der Waals surface area (Å²) in [4.78, 5) is 30.4. The lowest BCUT2D eigenvalue weighted by molar-refractivity contribution is -0.244. The number of piperidine rings is 2. The molecule has 2 saturated heterocycles. The van der Waals surface area contributed by atoms with Crippen LogP contribution < -0.4 is 16.0 Å². The summed E-state index contributed by atoms with van der Waals surface area (Å²) in [6, 6.07) is 1.85. The van der Waals surface area contributed by atoms with Crippen molar-refractivity contribution in [3.8, 4) is 0 Å². The van der Waals surface area contributed by atoms with E-state index in [1.165, 1.54) is 14.1 Å². The van der Waals surface area contributed by atoms with Gasteiger partial charge in [-0.1, -0.05) is 0 Å². The second-order valence-corrected chi connectivity index (χ2v) is 8.81. The van der Waals surface area contributed by atoms with Crippen LogP contribution in [0.3, 0.4) is 0 Å². The smallest absolute Gasteiger partial charge is 0.401 e. The minimum atomic E-state index is -5.27. The Balaban J connectivity index is 1.88. The van der Waals surface area contributed by atoms with Gasteiger partial charge in [0.2, 0.25) is 5.91 Å². The molecular weight excluding hydrogens is 498 g/mol. The lowest BCUT2D eigenvalue weighted by Gasteiger charge is -2.39. The number of hydrogen-bond donors (Lipinski definition) is 4. The Hall–Kier alpha value is -3.36. The van der Waals surface area contributed by atoms with Crippen LogP contribution in [0.25, 0.3) is 0 Å². The fourth-order valence-corrected chi connectivity index (χ4v) is 4.25. The molecule has 2 aliphatic rings. The van der Waals surface area contributed by atoms with E-state index in [1.54, 1.807) is 4.90 Å². The zero-order chi connectivity index (χ0) is 27.2. The Morgan fingerprint density at radius 1 is 1.22 bits per heavy atom. The molecule has 0 aliphatic carbocycles. The number of halogens is 6. The SMILES string of the molecule is CN(C)C(=O)c1nc(N2CCC(C(N)=C3C(=N)NC(=O)CC3(O)C(F)(F)F)CC2)ccc1C(F)(F)F. The number of nitrogens with zero attached hydrogens (tertiary/aromatic N) is 3. The average Bonchev–Trinajstić information content (AvgIpc) is 2.76. The minimum Gasteiger partial charge on any atom is -0.401 e. The van der Waals surface area contributed by atoms with Gasteiger partial charge in [0.15, 0.2) is 5.60 Å². The summed E-state index contributed by atoms with van der Waals surface area (Å²) in [6.07, 6.45) is -11.2. The molecule has 0 bridgehead atoms. The third-order valence-electron chi connectivity index (χ3n) is 6.16. The van der Waals surface area contributed by atoms with Crippen LogP contribution in [-0.4, -0.2) is 71.6 Å². The Morgan fingerprint density at radius 3 is 2.31 bits per heavy atom. The first-order chi connectivity index (χ1) is 16.5. The molecule has 0 aromatic carbocycles. The van der Waals surface area contributed by atoms with Crippen molar-refractivity contribution in [1.29, 1.82) is 5.41 Å². The number of hydrogen-bond acceptors (Lipinski definition) is 7. The van der Waals surface area contributed by atoms with Crippen molar-refractivity contribution in [2.24, 2.45) is 11.7 Å². The zero-order valence-corrected chi connectivity index (χ0v) is 19.2. The monoisotopic (exact) mass is 522 g/mol. The van der Waals surface area contributed by atoms with E-state index in [4.69, 9.17) is 11.1 Å². The summed E-state index contributed by atoms with van der Waals surface area (Å²) < 4.78 is 81.1. The summed E-state index contributed by atoms with van der Waals surface area (Å²) in [5.41, 5.74) is -0.917. The molecule has 3 heterocycles. The number of nitrogens with one attached hydrogen (secondary N) is 2. The second kappa shape index (κ2) is 9.26. The van der Waals surface area contributed by atoms with Crippen LogP contribution in [0.5, 0.6) is 0 Å². The molecule has 9 nitrogen and oxygen atoms in total. The molecule has 2 fully saturated rings. The molecule has 0 saturated carbocycles. The van der Waals surface area contributed by atoms with Crippen LogP contribution in [0.2, 0.25) is 0 Å². The van der Waals surface area contributed by atoms with Gasteiger partial charge in [-0.15, -0.1) is 0 Å². The van der Waals surface area contributed by atoms with E-state index in [2.05, 4.69) is 4.98 Å². The fourth-order valence-electron chi connectivity index (χ4n) is 4.25. The highest BCUT2D eigenvalue weighted by atomic mass is 19.4. The van der Waals surface area contributed by atoms with Gasteiger partial charge in [0.05, 0.1) is 17.6 Å². The number of amides is 2. The Bertz CT molecular complexity index is 1110. The van der Waals surface area contributed by atoms with Crippen molar-refractivity contribution in [1.82, 2.24) is 15.2 Å². The molecule has 15 heteroatoms. The third kappa shape index (κ3) is 4.96. The van der Waals surface area contributed by atoms with Crippen LogP contribution in [0, 0.1) is 11.3 Å². The molecule has 1 atom stereocenters. The highest BCUT2D eigenvalue weighted by Crippen LogP contribution is 2.43. The number of carbonyl (C=O) groups is 2. The van der Waals surface area contributed by atoms with E-state index in [1.807, 2.05) is 5.32 Å². The number of rotatable bonds is 3. The molecule has 198 valence electrons. The van der Waals surface area contributed by atoms with Crippen LogP contribution in [0.1, 0.15) is 35.3 Å². The van der Waals surface area contributed by atoms with E-state index in [-0.39, 0.29) is 31.7 Å². The average molecular weight is 522 g/mol. The van der Waals surface area contributed by atoms with Crippen LogP contribution in [-0.2, 0) is 11.0 Å². The summed E-state index contributed by atoms with van der Waals surface area (Å²) in [5, 5.41) is 20.1. The quantitative estimate of drug-likeness (QED) is 0.449. The largest absolute Gasteiger partial charge is 0.422 e. The van der Waals surface area contributed by atoms with E-state index >= 15 is 0 Å². The van der Waals surface area contributed by atoms with Gasteiger partial charge in [0.25, 0.3) is 5.91 Å². The Labute approximate surface area is 201 Å². The predicted molar refractivity (Wildman–Crippen MR) is 115 cm³/mol. The maximum absolute atomic E-state index is 13.7. The highest BCUT2D eigenvalue weighted by molar-refractivity contribution is 6.11. The number of anilines is 1. The summed E-state index contributed by atoms with van der Waals surface area (Å²) in [7, 11) is 2.57. The number of pyridine rings is 1. The van der Waals surface area contributed by atoms with Crippen molar-refractivity contribution >= 4 is 23.5 Å².